The zero-order valence-electron chi connectivity index (χ0n) is 14.6. The van der Waals surface area contributed by atoms with Crippen molar-refractivity contribution in [2.24, 2.45) is 5.73 Å². The molecule has 1 heterocycles. The second kappa shape index (κ2) is 9.30. The maximum atomic E-state index is 12.6. The first kappa shape index (κ1) is 19.9. The van der Waals surface area contributed by atoms with Crippen molar-refractivity contribution in [3.63, 3.8) is 0 Å². The van der Waals surface area contributed by atoms with Gasteiger partial charge in [0, 0.05) is 12.1 Å². The van der Waals surface area contributed by atoms with E-state index in [0.29, 0.717) is 37.9 Å². The van der Waals surface area contributed by atoms with Gasteiger partial charge in [0.25, 0.3) is 0 Å². The van der Waals surface area contributed by atoms with Gasteiger partial charge in [0.1, 0.15) is 6.04 Å². The second-order valence-electron chi connectivity index (χ2n) is 6.33. The van der Waals surface area contributed by atoms with Crippen molar-refractivity contribution in [1.29, 1.82) is 0 Å². The normalized spacial score (nSPS) is 16.5. The number of unbranched alkanes of at least 4 members (excludes halogenated alkanes) is 1. The van der Waals surface area contributed by atoms with Gasteiger partial charge in [-0.3, -0.25) is 19.8 Å². The highest BCUT2D eigenvalue weighted by atomic mass is 16.4. The second-order valence-corrected chi connectivity index (χ2v) is 6.33. The molecule has 1 unspecified atom stereocenters. The van der Waals surface area contributed by atoms with Gasteiger partial charge < -0.3 is 15.9 Å². The number of rotatable bonds is 9. The summed E-state index contributed by atoms with van der Waals surface area (Å²) in [6.07, 6.45) is 1.50. The molecule has 1 aromatic carbocycles. The SMILES string of the molecule is NCCCC[C@H](NC(C(=O)O)N1C(=O)CCCc2ccccc21)C(=O)O. The van der Waals surface area contributed by atoms with E-state index in [9.17, 15) is 24.6 Å². The average Bonchev–Trinajstić information content (AvgIpc) is 2.76. The molecule has 0 aromatic heterocycles. The van der Waals surface area contributed by atoms with Crippen molar-refractivity contribution in [1.82, 2.24) is 5.32 Å². The van der Waals surface area contributed by atoms with Gasteiger partial charge in [-0.1, -0.05) is 24.6 Å². The number of fused-ring (bicyclic) bond motifs is 1. The van der Waals surface area contributed by atoms with Crippen LogP contribution in [0.1, 0.15) is 37.7 Å². The lowest BCUT2D eigenvalue weighted by Gasteiger charge is -2.31. The molecule has 1 aromatic rings. The van der Waals surface area contributed by atoms with Crippen LogP contribution in [0.5, 0.6) is 0 Å². The van der Waals surface area contributed by atoms with Gasteiger partial charge in [-0.25, -0.2) is 4.79 Å². The van der Waals surface area contributed by atoms with Gasteiger partial charge in [0.15, 0.2) is 6.17 Å². The summed E-state index contributed by atoms with van der Waals surface area (Å²) >= 11 is 0. The number of aliphatic carboxylic acids is 2. The number of hydrogen-bond donors (Lipinski definition) is 4. The van der Waals surface area contributed by atoms with Gasteiger partial charge in [-0.2, -0.15) is 0 Å². The number of amides is 1. The number of benzene rings is 1. The number of anilines is 1. The number of carbonyl (C=O) groups excluding carboxylic acids is 1. The molecule has 0 radical (unpaired) electrons. The van der Waals surface area contributed by atoms with E-state index in [1.54, 1.807) is 12.1 Å². The summed E-state index contributed by atoms with van der Waals surface area (Å²) in [5.74, 6) is -2.77. The molecule has 0 aliphatic carbocycles. The standard InChI is InChI=1S/C18H25N3O5/c19-11-4-3-8-13(17(23)24)20-16(18(25)26)21-14-9-2-1-6-12(14)7-5-10-15(21)22/h1-2,6,9,13,16,20H,3-5,7-8,10-11,19H2,(H,23,24)(H,25,26)/t13-,16?/m0/s1. The Morgan fingerprint density at radius 3 is 2.54 bits per heavy atom. The van der Waals surface area contributed by atoms with E-state index in [1.807, 2.05) is 12.1 Å². The van der Waals surface area contributed by atoms with Crippen LogP contribution in [0.4, 0.5) is 5.69 Å². The Morgan fingerprint density at radius 2 is 1.88 bits per heavy atom. The third kappa shape index (κ3) is 4.80. The molecular weight excluding hydrogens is 338 g/mol. The van der Waals surface area contributed by atoms with Crippen molar-refractivity contribution in [2.75, 3.05) is 11.4 Å². The lowest BCUT2D eigenvalue weighted by molar-refractivity contribution is -0.144. The molecule has 8 heteroatoms. The Labute approximate surface area is 152 Å². The van der Waals surface area contributed by atoms with Crippen LogP contribution in [0.25, 0.3) is 0 Å². The van der Waals surface area contributed by atoms with Crippen molar-refractivity contribution >= 4 is 23.5 Å². The number of nitrogens with zero attached hydrogens (tertiary/aromatic N) is 1. The fraction of sp³-hybridized carbons (Fsp3) is 0.500. The zero-order chi connectivity index (χ0) is 19.1. The molecule has 8 nitrogen and oxygen atoms in total. The van der Waals surface area contributed by atoms with Crippen LogP contribution >= 0.6 is 0 Å². The Hall–Kier alpha value is -2.45. The number of carbonyl (C=O) groups is 3. The molecule has 1 aliphatic rings. The number of hydrogen-bond acceptors (Lipinski definition) is 5. The maximum absolute atomic E-state index is 12.6. The Kier molecular flexibility index (Phi) is 7.11. The maximum Gasteiger partial charge on any atom is 0.342 e. The van der Waals surface area contributed by atoms with Crippen LogP contribution in [0.2, 0.25) is 0 Å². The minimum atomic E-state index is -1.44. The topological polar surface area (TPSA) is 133 Å². The highest BCUT2D eigenvalue weighted by molar-refractivity contribution is 6.00. The Balaban J connectivity index is 2.31. The van der Waals surface area contributed by atoms with E-state index < -0.39 is 24.1 Å². The van der Waals surface area contributed by atoms with Gasteiger partial charge in [-0.15, -0.1) is 0 Å². The number of carboxylic acid groups (broad SMARTS) is 2. The number of aryl methyl sites for hydroxylation is 1. The molecule has 0 spiro atoms. The van der Waals surface area contributed by atoms with E-state index >= 15 is 0 Å². The van der Waals surface area contributed by atoms with Crippen LogP contribution < -0.4 is 16.0 Å². The first-order valence-corrected chi connectivity index (χ1v) is 8.77. The van der Waals surface area contributed by atoms with E-state index in [2.05, 4.69) is 5.32 Å². The van der Waals surface area contributed by atoms with Crippen LogP contribution in [0.15, 0.2) is 24.3 Å². The molecule has 1 aliphatic heterocycles. The van der Waals surface area contributed by atoms with Crippen LogP contribution in [-0.2, 0) is 20.8 Å². The molecule has 0 bridgehead atoms. The molecule has 5 N–H and O–H groups in total. The highest BCUT2D eigenvalue weighted by Crippen LogP contribution is 2.28. The third-order valence-corrected chi connectivity index (χ3v) is 4.45. The highest BCUT2D eigenvalue weighted by Gasteiger charge is 2.36. The van der Waals surface area contributed by atoms with Crippen molar-refractivity contribution < 1.29 is 24.6 Å². The average molecular weight is 363 g/mol. The zero-order valence-corrected chi connectivity index (χ0v) is 14.6. The minimum absolute atomic E-state index is 0.213. The summed E-state index contributed by atoms with van der Waals surface area (Å²) in [5, 5.41) is 21.8. The summed E-state index contributed by atoms with van der Waals surface area (Å²) in [5.41, 5.74) is 6.82. The summed E-state index contributed by atoms with van der Waals surface area (Å²) in [6.45, 7) is 0.437. The molecule has 2 rings (SSSR count). The van der Waals surface area contributed by atoms with Crippen molar-refractivity contribution in [3.05, 3.63) is 29.8 Å². The Bertz CT molecular complexity index is 664. The van der Waals surface area contributed by atoms with Crippen molar-refractivity contribution in [2.45, 2.75) is 50.7 Å². The molecule has 2 atom stereocenters. The number of carboxylic acids is 2. The number of para-hydroxylation sites is 1. The van der Waals surface area contributed by atoms with E-state index in [4.69, 9.17) is 5.73 Å². The monoisotopic (exact) mass is 363 g/mol. The largest absolute Gasteiger partial charge is 0.480 e. The van der Waals surface area contributed by atoms with E-state index in [0.717, 1.165) is 5.56 Å². The molecule has 142 valence electrons. The molecular formula is C18H25N3O5. The fourth-order valence-electron chi connectivity index (χ4n) is 3.14. The smallest absolute Gasteiger partial charge is 0.342 e. The first-order valence-electron chi connectivity index (χ1n) is 8.77. The van der Waals surface area contributed by atoms with Gasteiger partial charge in [-0.05, 0) is 43.9 Å². The molecule has 0 saturated carbocycles. The lowest BCUT2D eigenvalue weighted by atomic mass is 10.1. The van der Waals surface area contributed by atoms with Gasteiger partial charge in [0.05, 0.1) is 0 Å². The summed E-state index contributed by atoms with van der Waals surface area (Å²) in [4.78, 5) is 37.2. The lowest BCUT2D eigenvalue weighted by Crippen LogP contribution is -2.58. The first-order chi connectivity index (χ1) is 12.5. The number of nitrogens with two attached hydrogens (primary N) is 1. The third-order valence-electron chi connectivity index (χ3n) is 4.45. The van der Waals surface area contributed by atoms with Crippen LogP contribution in [-0.4, -0.2) is 46.8 Å². The number of nitrogens with one attached hydrogen (secondary N) is 1. The van der Waals surface area contributed by atoms with Gasteiger partial charge >= 0.3 is 11.9 Å². The van der Waals surface area contributed by atoms with Crippen molar-refractivity contribution in [3.8, 4) is 0 Å². The minimum Gasteiger partial charge on any atom is -0.480 e. The van der Waals surface area contributed by atoms with E-state index in [1.165, 1.54) is 4.90 Å². The van der Waals surface area contributed by atoms with Gasteiger partial charge in [0.2, 0.25) is 5.91 Å². The summed E-state index contributed by atoms with van der Waals surface area (Å²) in [7, 11) is 0. The van der Waals surface area contributed by atoms with Crippen LogP contribution in [0, 0.1) is 0 Å². The van der Waals surface area contributed by atoms with E-state index in [-0.39, 0.29) is 18.7 Å². The summed E-state index contributed by atoms with van der Waals surface area (Å²) < 4.78 is 0. The molecule has 1 amide bonds. The molecule has 0 saturated heterocycles. The van der Waals surface area contributed by atoms with Crippen LogP contribution in [0.3, 0.4) is 0 Å². The fourth-order valence-corrected chi connectivity index (χ4v) is 3.14. The molecule has 26 heavy (non-hydrogen) atoms. The Morgan fingerprint density at radius 1 is 1.15 bits per heavy atom. The summed E-state index contributed by atoms with van der Waals surface area (Å²) in [6, 6.07) is 6.05. The predicted molar refractivity (Wildman–Crippen MR) is 95.8 cm³/mol. The molecule has 0 fully saturated rings. The quantitative estimate of drug-likeness (QED) is 0.480. The predicted octanol–water partition coefficient (Wildman–Crippen LogP) is 0.938.